The number of nitrogens with one attached hydrogen (secondary N) is 1. The highest BCUT2D eigenvalue weighted by Crippen LogP contribution is 2.13. The van der Waals surface area contributed by atoms with E-state index in [2.05, 4.69) is 17.2 Å². The molecular weight excluding hydrogens is 380 g/mol. The van der Waals surface area contributed by atoms with Crippen LogP contribution in [0.2, 0.25) is 0 Å². The second-order valence-corrected chi connectivity index (χ2v) is 8.04. The Kier molecular flexibility index (Phi) is 15.9. The number of unbranched alkanes of at least 4 members (excludes halogenated alkanes) is 12. The van der Waals surface area contributed by atoms with Crippen molar-refractivity contribution < 1.29 is 19.7 Å². The predicted octanol–water partition coefficient (Wildman–Crippen LogP) is 5.09. The zero-order chi connectivity index (χ0) is 21.9. The molecule has 0 bridgehead atoms. The van der Waals surface area contributed by atoms with E-state index in [4.69, 9.17) is 9.84 Å². The number of carbonyl (C=O) groups is 1. The van der Waals surface area contributed by atoms with Crippen LogP contribution >= 0.6 is 0 Å². The molecule has 1 heterocycles. The van der Waals surface area contributed by atoms with Crippen molar-refractivity contribution in [2.45, 2.75) is 96.5 Å². The molecule has 0 radical (unpaired) electrons. The molecule has 0 saturated heterocycles. The van der Waals surface area contributed by atoms with Crippen molar-refractivity contribution in [2.75, 3.05) is 25.1 Å². The van der Waals surface area contributed by atoms with E-state index in [1.807, 2.05) is 0 Å². The van der Waals surface area contributed by atoms with Crippen molar-refractivity contribution >= 4 is 11.8 Å². The molecule has 0 saturated carbocycles. The molecule has 1 aromatic rings. The zero-order valence-electron chi connectivity index (χ0n) is 18.8. The first kappa shape index (κ1) is 26.4. The first-order valence-corrected chi connectivity index (χ1v) is 11.8. The highest BCUT2D eigenvalue weighted by molar-refractivity contribution is 5.89. The summed E-state index contributed by atoms with van der Waals surface area (Å²) in [7, 11) is 0. The molecule has 0 aliphatic heterocycles. The molecule has 3 N–H and O–H groups in total. The van der Waals surface area contributed by atoms with Crippen molar-refractivity contribution in [3.05, 3.63) is 23.9 Å². The van der Waals surface area contributed by atoms with E-state index < -0.39 is 18.7 Å². The standard InChI is InChI=1S/C24H42N2O4/c1-2-3-4-5-6-7-8-9-10-11-12-13-14-17-25-23-16-15-21(18-26-23)24(29)30-20-22(28)19-27/h15-16,18,22,27-28H,2-14,17,19-20H2,1H3,(H,25,26). The maximum Gasteiger partial charge on any atom is 0.339 e. The average Bonchev–Trinajstić information content (AvgIpc) is 2.77. The van der Waals surface area contributed by atoms with Gasteiger partial charge in [-0.15, -0.1) is 0 Å². The molecule has 6 nitrogen and oxygen atoms in total. The molecule has 30 heavy (non-hydrogen) atoms. The van der Waals surface area contributed by atoms with E-state index in [0.29, 0.717) is 5.56 Å². The fourth-order valence-electron chi connectivity index (χ4n) is 3.29. The molecule has 0 aliphatic carbocycles. The molecule has 0 aromatic carbocycles. The first-order chi connectivity index (χ1) is 14.7. The third-order valence-electron chi connectivity index (χ3n) is 5.20. The summed E-state index contributed by atoms with van der Waals surface area (Å²) >= 11 is 0. The molecule has 172 valence electrons. The lowest BCUT2D eigenvalue weighted by molar-refractivity contribution is 0.00930. The summed E-state index contributed by atoms with van der Waals surface area (Å²) in [6, 6.07) is 3.40. The molecule has 0 fully saturated rings. The fourth-order valence-corrected chi connectivity index (χ4v) is 3.29. The predicted molar refractivity (Wildman–Crippen MR) is 122 cm³/mol. The minimum Gasteiger partial charge on any atom is -0.459 e. The number of anilines is 1. The molecule has 0 aliphatic rings. The van der Waals surface area contributed by atoms with Crippen LogP contribution in [0.3, 0.4) is 0 Å². The van der Waals surface area contributed by atoms with E-state index in [-0.39, 0.29) is 6.61 Å². The van der Waals surface area contributed by atoms with Gasteiger partial charge in [-0.3, -0.25) is 0 Å². The van der Waals surface area contributed by atoms with Crippen LogP contribution in [-0.2, 0) is 4.74 Å². The maximum atomic E-state index is 11.8. The molecule has 1 rings (SSSR count). The number of hydrogen-bond acceptors (Lipinski definition) is 6. The lowest BCUT2D eigenvalue weighted by atomic mass is 10.0. The number of aliphatic hydroxyl groups excluding tert-OH is 2. The lowest BCUT2D eigenvalue weighted by Gasteiger charge is -2.09. The van der Waals surface area contributed by atoms with Crippen molar-refractivity contribution in [1.82, 2.24) is 4.98 Å². The summed E-state index contributed by atoms with van der Waals surface area (Å²) in [6.07, 6.45) is 17.8. The van der Waals surface area contributed by atoms with Crippen LogP contribution in [-0.4, -0.2) is 47.0 Å². The van der Waals surface area contributed by atoms with Crippen LogP contribution < -0.4 is 5.32 Å². The van der Waals surface area contributed by atoms with Crippen LogP contribution in [0.15, 0.2) is 18.3 Å². The van der Waals surface area contributed by atoms with Gasteiger partial charge in [0, 0.05) is 12.7 Å². The van der Waals surface area contributed by atoms with Gasteiger partial charge in [0.15, 0.2) is 0 Å². The number of hydrogen-bond donors (Lipinski definition) is 3. The average molecular weight is 423 g/mol. The highest BCUT2D eigenvalue weighted by Gasteiger charge is 2.10. The van der Waals surface area contributed by atoms with Gasteiger partial charge in [-0.1, -0.05) is 84.0 Å². The normalized spacial score (nSPS) is 12.0. The van der Waals surface area contributed by atoms with Gasteiger partial charge in [0.25, 0.3) is 0 Å². The lowest BCUT2D eigenvalue weighted by Crippen LogP contribution is -2.22. The van der Waals surface area contributed by atoms with E-state index in [1.165, 1.54) is 83.2 Å². The Hall–Kier alpha value is -1.66. The van der Waals surface area contributed by atoms with Crippen LogP contribution in [0, 0.1) is 0 Å². The van der Waals surface area contributed by atoms with Gasteiger partial charge in [0.2, 0.25) is 0 Å². The van der Waals surface area contributed by atoms with Crippen molar-refractivity contribution in [3.63, 3.8) is 0 Å². The number of esters is 1. The monoisotopic (exact) mass is 422 g/mol. The van der Waals surface area contributed by atoms with E-state index >= 15 is 0 Å². The summed E-state index contributed by atoms with van der Waals surface area (Å²) in [4.78, 5) is 16.0. The SMILES string of the molecule is CCCCCCCCCCCCCCCNc1ccc(C(=O)OCC(O)CO)cn1. The Balaban J connectivity index is 1.97. The zero-order valence-corrected chi connectivity index (χ0v) is 18.8. The Morgan fingerprint density at radius 2 is 1.53 bits per heavy atom. The number of aliphatic hydroxyl groups is 2. The van der Waals surface area contributed by atoms with Crippen molar-refractivity contribution in [2.24, 2.45) is 0 Å². The summed E-state index contributed by atoms with van der Waals surface area (Å²) in [5, 5.41) is 21.2. The second kappa shape index (κ2) is 18.1. The fraction of sp³-hybridized carbons (Fsp3) is 0.750. The van der Waals surface area contributed by atoms with Crippen LogP contribution in [0.5, 0.6) is 0 Å². The Morgan fingerprint density at radius 3 is 2.03 bits per heavy atom. The number of pyridine rings is 1. The summed E-state index contributed by atoms with van der Waals surface area (Å²) in [5.41, 5.74) is 0.326. The van der Waals surface area contributed by atoms with Crippen LogP contribution in [0.1, 0.15) is 101 Å². The van der Waals surface area contributed by atoms with Crippen LogP contribution in [0.25, 0.3) is 0 Å². The van der Waals surface area contributed by atoms with Gasteiger partial charge in [-0.2, -0.15) is 0 Å². The Labute approximate surface area is 182 Å². The smallest absolute Gasteiger partial charge is 0.339 e. The van der Waals surface area contributed by atoms with Gasteiger partial charge in [-0.05, 0) is 18.6 Å². The summed E-state index contributed by atoms with van der Waals surface area (Å²) in [6.45, 7) is 2.47. The Morgan fingerprint density at radius 1 is 0.967 bits per heavy atom. The number of nitrogens with zero attached hydrogens (tertiary/aromatic N) is 1. The maximum absolute atomic E-state index is 11.8. The van der Waals surface area contributed by atoms with Gasteiger partial charge in [0.1, 0.15) is 18.5 Å². The molecule has 1 aromatic heterocycles. The highest BCUT2D eigenvalue weighted by atomic mass is 16.5. The number of rotatable bonds is 19. The van der Waals surface area contributed by atoms with Crippen molar-refractivity contribution in [1.29, 1.82) is 0 Å². The first-order valence-electron chi connectivity index (χ1n) is 11.8. The quantitative estimate of drug-likeness (QED) is 0.212. The molecule has 1 atom stereocenters. The minimum atomic E-state index is -1.05. The molecule has 0 spiro atoms. The topological polar surface area (TPSA) is 91.7 Å². The van der Waals surface area contributed by atoms with E-state index in [0.717, 1.165) is 18.8 Å². The van der Waals surface area contributed by atoms with Gasteiger partial charge >= 0.3 is 5.97 Å². The van der Waals surface area contributed by atoms with Gasteiger partial charge < -0.3 is 20.3 Å². The number of ether oxygens (including phenoxy) is 1. The van der Waals surface area contributed by atoms with E-state index in [9.17, 15) is 9.90 Å². The Bertz CT molecular complexity index is 537. The molecule has 6 heteroatoms. The van der Waals surface area contributed by atoms with Crippen molar-refractivity contribution in [3.8, 4) is 0 Å². The summed E-state index contributed by atoms with van der Waals surface area (Å²) < 4.78 is 4.90. The third-order valence-corrected chi connectivity index (χ3v) is 5.20. The second-order valence-electron chi connectivity index (χ2n) is 8.04. The number of carbonyl (C=O) groups excluding carboxylic acids is 1. The molecule has 0 amide bonds. The largest absolute Gasteiger partial charge is 0.459 e. The molecule has 1 unspecified atom stereocenters. The molecular formula is C24H42N2O4. The summed E-state index contributed by atoms with van der Waals surface area (Å²) in [5.74, 6) is 0.180. The van der Waals surface area contributed by atoms with Crippen LogP contribution in [0.4, 0.5) is 5.82 Å². The van der Waals surface area contributed by atoms with E-state index in [1.54, 1.807) is 12.1 Å². The third kappa shape index (κ3) is 13.5. The van der Waals surface area contributed by atoms with Gasteiger partial charge in [-0.25, -0.2) is 9.78 Å². The minimum absolute atomic E-state index is 0.228. The van der Waals surface area contributed by atoms with Gasteiger partial charge in [0.05, 0.1) is 12.2 Å². The number of aromatic nitrogens is 1.